The second-order valence-corrected chi connectivity index (χ2v) is 4.37. The third kappa shape index (κ3) is 3.17. The first kappa shape index (κ1) is 14.5. The van der Waals surface area contributed by atoms with Gasteiger partial charge in [-0.3, -0.25) is 14.9 Å². The van der Waals surface area contributed by atoms with Gasteiger partial charge in [0.1, 0.15) is 11.4 Å². The van der Waals surface area contributed by atoms with Crippen molar-refractivity contribution in [3.05, 3.63) is 52.6 Å². The summed E-state index contributed by atoms with van der Waals surface area (Å²) in [5.41, 5.74) is 1.33. The third-order valence-corrected chi connectivity index (χ3v) is 2.92. The fraction of sp³-hybridized carbons (Fsp3) is 0.133. The van der Waals surface area contributed by atoms with Crippen molar-refractivity contribution in [3.8, 4) is 16.9 Å². The SMILES string of the molecule is COc1cccc(-c2cccc([N+](=O)[O-])c2NC(C)=O)c1. The Morgan fingerprint density at radius 1 is 1.24 bits per heavy atom. The Hall–Kier alpha value is -2.89. The van der Waals surface area contributed by atoms with E-state index >= 15 is 0 Å². The van der Waals surface area contributed by atoms with Gasteiger partial charge in [0.25, 0.3) is 5.69 Å². The number of para-hydroxylation sites is 1. The molecule has 6 heteroatoms. The maximum Gasteiger partial charge on any atom is 0.293 e. The molecule has 6 nitrogen and oxygen atoms in total. The van der Waals surface area contributed by atoms with E-state index in [1.807, 2.05) is 0 Å². The van der Waals surface area contributed by atoms with Crippen LogP contribution in [0.4, 0.5) is 11.4 Å². The Bertz CT molecular complexity index is 698. The van der Waals surface area contributed by atoms with Crippen LogP contribution in [0, 0.1) is 10.1 Å². The van der Waals surface area contributed by atoms with Crippen LogP contribution in [0.25, 0.3) is 11.1 Å². The van der Waals surface area contributed by atoms with Gasteiger partial charge in [0, 0.05) is 18.6 Å². The molecule has 1 amide bonds. The van der Waals surface area contributed by atoms with E-state index in [1.54, 1.807) is 43.5 Å². The van der Waals surface area contributed by atoms with Gasteiger partial charge in [0.2, 0.25) is 5.91 Å². The number of amides is 1. The van der Waals surface area contributed by atoms with E-state index in [0.717, 1.165) is 5.56 Å². The van der Waals surface area contributed by atoms with Crippen LogP contribution in [-0.4, -0.2) is 17.9 Å². The molecule has 0 radical (unpaired) electrons. The molecule has 0 aliphatic heterocycles. The molecule has 2 rings (SSSR count). The Morgan fingerprint density at radius 3 is 2.57 bits per heavy atom. The zero-order valence-corrected chi connectivity index (χ0v) is 11.6. The summed E-state index contributed by atoms with van der Waals surface area (Å²) in [4.78, 5) is 22.0. The number of benzene rings is 2. The van der Waals surface area contributed by atoms with Crippen LogP contribution in [0.1, 0.15) is 6.92 Å². The predicted octanol–water partition coefficient (Wildman–Crippen LogP) is 3.23. The molecule has 0 saturated heterocycles. The molecule has 0 heterocycles. The number of carbonyl (C=O) groups is 1. The lowest BCUT2D eigenvalue weighted by atomic mass is 10.0. The summed E-state index contributed by atoms with van der Waals surface area (Å²) in [6.45, 7) is 1.31. The van der Waals surface area contributed by atoms with Gasteiger partial charge in [-0.1, -0.05) is 24.3 Å². The number of nitro benzene ring substituents is 1. The lowest BCUT2D eigenvalue weighted by Crippen LogP contribution is -2.09. The molecule has 0 aliphatic carbocycles. The molecule has 0 fully saturated rings. The quantitative estimate of drug-likeness (QED) is 0.691. The highest BCUT2D eigenvalue weighted by Crippen LogP contribution is 2.36. The summed E-state index contributed by atoms with van der Waals surface area (Å²) in [7, 11) is 1.54. The van der Waals surface area contributed by atoms with Crippen LogP contribution >= 0.6 is 0 Å². The van der Waals surface area contributed by atoms with Gasteiger partial charge in [-0.15, -0.1) is 0 Å². The van der Waals surface area contributed by atoms with E-state index in [1.165, 1.54) is 13.0 Å². The fourth-order valence-electron chi connectivity index (χ4n) is 2.03. The Morgan fingerprint density at radius 2 is 1.95 bits per heavy atom. The van der Waals surface area contributed by atoms with Crippen LogP contribution in [0.5, 0.6) is 5.75 Å². The van der Waals surface area contributed by atoms with E-state index in [2.05, 4.69) is 5.32 Å². The molecule has 1 N–H and O–H groups in total. The first-order chi connectivity index (χ1) is 10.0. The molecular formula is C15H14N2O4. The average Bonchev–Trinajstić information content (AvgIpc) is 2.46. The first-order valence-corrected chi connectivity index (χ1v) is 6.22. The van der Waals surface area contributed by atoms with Crippen molar-refractivity contribution in [2.75, 3.05) is 12.4 Å². The number of nitrogens with one attached hydrogen (secondary N) is 1. The monoisotopic (exact) mass is 286 g/mol. The van der Waals surface area contributed by atoms with Gasteiger partial charge in [-0.2, -0.15) is 0 Å². The van der Waals surface area contributed by atoms with Crippen molar-refractivity contribution in [2.24, 2.45) is 0 Å². The second-order valence-electron chi connectivity index (χ2n) is 4.37. The van der Waals surface area contributed by atoms with Crippen LogP contribution in [0.15, 0.2) is 42.5 Å². The Kier molecular flexibility index (Phi) is 4.18. The number of ether oxygens (including phenoxy) is 1. The van der Waals surface area contributed by atoms with Crippen molar-refractivity contribution in [1.82, 2.24) is 0 Å². The minimum Gasteiger partial charge on any atom is -0.497 e. The summed E-state index contributed by atoms with van der Waals surface area (Å²) in [6, 6.07) is 11.8. The highest BCUT2D eigenvalue weighted by Gasteiger charge is 2.19. The number of nitro groups is 1. The van der Waals surface area contributed by atoms with E-state index in [0.29, 0.717) is 11.3 Å². The molecule has 0 spiro atoms. The average molecular weight is 286 g/mol. The zero-order valence-electron chi connectivity index (χ0n) is 11.6. The fourth-order valence-corrected chi connectivity index (χ4v) is 2.03. The molecule has 0 saturated carbocycles. The molecule has 2 aromatic carbocycles. The lowest BCUT2D eigenvalue weighted by molar-refractivity contribution is -0.383. The Labute approximate surface area is 121 Å². The molecule has 108 valence electrons. The van der Waals surface area contributed by atoms with E-state index in [9.17, 15) is 14.9 Å². The van der Waals surface area contributed by atoms with Crippen LogP contribution in [0.2, 0.25) is 0 Å². The second kappa shape index (κ2) is 6.04. The highest BCUT2D eigenvalue weighted by atomic mass is 16.6. The molecule has 0 atom stereocenters. The largest absolute Gasteiger partial charge is 0.497 e. The van der Waals surface area contributed by atoms with Crippen molar-refractivity contribution < 1.29 is 14.5 Å². The van der Waals surface area contributed by atoms with Crippen molar-refractivity contribution in [2.45, 2.75) is 6.92 Å². The summed E-state index contributed by atoms with van der Waals surface area (Å²) in [5, 5.41) is 13.7. The lowest BCUT2D eigenvalue weighted by Gasteiger charge is -2.11. The zero-order chi connectivity index (χ0) is 15.4. The smallest absolute Gasteiger partial charge is 0.293 e. The number of anilines is 1. The van der Waals surface area contributed by atoms with E-state index in [4.69, 9.17) is 4.74 Å². The molecular weight excluding hydrogens is 272 g/mol. The molecule has 0 bridgehead atoms. The van der Waals surface area contributed by atoms with Crippen molar-refractivity contribution in [1.29, 1.82) is 0 Å². The van der Waals surface area contributed by atoms with Gasteiger partial charge < -0.3 is 10.1 Å². The number of nitrogens with zero attached hydrogens (tertiary/aromatic N) is 1. The number of hydrogen-bond donors (Lipinski definition) is 1. The van der Waals surface area contributed by atoms with Gasteiger partial charge in [0.15, 0.2) is 0 Å². The first-order valence-electron chi connectivity index (χ1n) is 6.22. The van der Waals surface area contributed by atoms with Gasteiger partial charge in [-0.25, -0.2) is 0 Å². The third-order valence-electron chi connectivity index (χ3n) is 2.92. The summed E-state index contributed by atoms with van der Waals surface area (Å²) in [6.07, 6.45) is 0. The molecule has 0 unspecified atom stereocenters. The molecule has 21 heavy (non-hydrogen) atoms. The highest BCUT2D eigenvalue weighted by molar-refractivity contribution is 5.97. The summed E-state index contributed by atoms with van der Waals surface area (Å²) in [5.74, 6) is 0.265. The van der Waals surface area contributed by atoms with Gasteiger partial charge >= 0.3 is 0 Å². The number of carbonyl (C=O) groups excluding carboxylic acids is 1. The van der Waals surface area contributed by atoms with Gasteiger partial charge in [-0.05, 0) is 17.7 Å². The normalized spacial score (nSPS) is 10.0. The van der Waals surface area contributed by atoms with Crippen LogP contribution in [0.3, 0.4) is 0 Å². The minimum absolute atomic E-state index is 0.148. The topological polar surface area (TPSA) is 81.5 Å². The molecule has 2 aromatic rings. The summed E-state index contributed by atoms with van der Waals surface area (Å²) < 4.78 is 5.15. The van der Waals surface area contributed by atoms with Crippen LogP contribution < -0.4 is 10.1 Å². The molecule has 0 aliphatic rings. The number of methoxy groups -OCH3 is 1. The van der Waals surface area contributed by atoms with Crippen molar-refractivity contribution >= 4 is 17.3 Å². The van der Waals surface area contributed by atoms with Crippen LogP contribution in [-0.2, 0) is 4.79 Å². The Balaban J connectivity index is 2.63. The number of rotatable bonds is 4. The predicted molar refractivity (Wildman–Crippen MR) is 79.4 cm³/mol. The number of hydrogen-bond acceptors (Lipinski definition) is 4. The minimum atomic E-state index is -0.519. The summed E-state index contributed by atoms with van der Waals surface area (Å²) >= 11 is 0. The maximum atomic E-state index is 11.3. The standard InChI is InChI=1S/C15H14N2O4/c1-10(18)16-15-13(7-4-8-14(15)17(19)20)11-5-3-6-12(9-11)21-2/h3-9H,1-2H3,(H,16,18). The van der Waals surface area contributed by atoms with E-state index in [-0.39, 0.29) is 17.3 Å². The molecule has 0 aromatic heterocycles. The maximum absolute atomic E-state index is 11.3. The van der Waals surface area contributed by atoms with Crippen molar-refractivity contribution in [3.63, 3.8) is 0 Å². The van der Waals surface area contributed by atoms with E-state index < -0.39 is 4.92 Å². The van der Waals surface area contributed by atoms with Gasteiger partial charge in [0.05, 0.1) is 12.0 Å².